The Bertz CT molecular complexity index is 342. The van der Waals surface area contributed by atoms with Crippen molar-refractivity contribution in [2.45, 2.75) is 53.9 Å². The molecule has 0 N–H and O–H groups in total. The first-order chi connectivity index (χ1) is 8.02. The standard InChI is InChI=1S/C15H24ClN/c1-6-8-9-10-14(12(3)4)15(16)17-11-13(5)7-2/h9-11H,6-8H2,1-5H3/b10-9-,13-11-,17-15?. The molecule has 2 heteroatoms. The van der Waals surface area contributed by atoms with E-state index < -0.39 is 0 Å². The predicted octanol–water partition coefficient (Wildman–Crippen LogP) is 5.63. The van der Waals surface area contributed by atoms with E-state index in [1.54, 1.807) is 0 Å². The first-order valence-electron chi connectivity index (χ1n) is 6.26. The smallest absolute Gasteiger partial charge is 0.136 e. The van der Waals surface area contributed by atoms with Crippen molar-refractivity contribution in [2.75, 3.05) is 0 Å². The number of unbranched alkanes of at least 4 members (excludes halogenated alkanes) is 1. The van der Waals surface area contributed by atoms with Crippen LogP contribution in [0.3, 0.4) is 0 Å². The maximum Gasteiger partial charge on any atom is 0.136 e. The Balaban J connectivity index is 4.92. The molecule has 0 aromatic heterocycles. The van der Waals surface area contributed by atoms with E-state index in [0.29, 0.717) is 5.17 Å². The molecule has 0 radical (unpaired) electrons. The van der Waals surface area contributed by atoms with Crippen LogP contribution in [0.1, 0.15) is 53.9 Å². The molecule has 0 rings (SSSR count). The molecule has 0 aromatic rings. The van der Waals surface area contributed by atoms with Crippen LogP contribution in [0, 0.1) is 0 Å². The fourth-order valence-electron chi connectivity index (χ4n) is 1.14. The average molecular weight is 254 g/mol. The van der Waals surface area contributed by atoms with Crippen LogP contribution in [0.4, 0.5) is 0 Å². The van der Waals surface area contributed by atoms with E-state index in [2.05, 4.69) is 51.8 Å². The summed E-state index contributed by atoms with van der Waals surface area (Å²) in [5.41, 5.74) is 3.45. The summed E-state index contributed by atoms with van der Waals surface area (Å²) in [7, 11) is 0. The Kier molecular flexibility index (Phi) is 8.79. The van der Waals surface area contributed by atoms with Crippen molar-refractivity contribution < 1.29 is 0 Å². The summed E-state index contributed by atoms with van der Waals surface area (Å²) >= 11 is 6.22. The van der Waals surface area contributed by atoms with Gasteiger partial charge in [-0.1, -0.05) is 55.2 Å². The molecule has 96 valence electrons. The number of allylic oxidation sites excluding steroid dienone is 5. The zero-order chi connectivity index (χ0) is 13.3. The third kappa shape index (κ3) is 7.17. The maximum atomic E-state index is 6.22. The molecule has 0 saturated carbocycles. The first kappa shape index (κ1) is 16.2. The predicted molar refractivity (Wildman–Crippen MR) is 79.8 cm³/mol. The lowest BCUT2D eigenvalue weighted by Crippen LogP contribution is -1.93. The lowest BCUT2D eigenvalue weighted by molar-refractivity contribution is 0.958. The molecular weight excluding hydrogens is 230 g/mol. The molecule has 0 bridgehead atoms. The zero-order valence-electron chi connectivity index (χ0n) is 11.7. The Morgan fingerprint density at radius 2 is 1.82 bits per heavy atom. The third-order valence-corrected chi connectivity index (χ3v) is 2.76. The fraction of sp³-hybridized carbons (Fsp3) is 0.533. The van der Waals surface area contributed by atoms with Crippen LogP contribution >= 0.6 is 11.6 Å². The number of aliphatic imine (C=N–C) groups is 1. The van der Waals surface area contributed by atoms with Gasteiger partial charge >= 0.3 is 0 Å². The highest BCUT2D eigenvalue weighted by Gasteiger charge is 2.01. The number of halogens is 1. The third-order valence-electron chi connectivity index (χ3n) is 2.46. The van der Waals surface area contributed by atoms with Crippen LogP contribution in [0.15, 0.2) is 40.1 Å². The van der Waals surface area contributed by atoms with Gasteiger partial charge in [0.1, 0.15) is 5.17 Å². The summed E-state index contributed by atoms with van der Waals surface area (Å²) in [6.07, 6.45) is 9.29. The molecular formula is C15H24ClN. The van der Waals surface area contributed by atoms with Gasteiger partial charge in [-0.15, -0.1) is 0 Å². The molecule has 17 heavy (non-hydrogen) atoms. The second kappa shape index (κ2) is 9.23. The van der Waals surface area contributed by atoms with Gasteiger partial charge in [-0.3, -0.25) is 0 Å². The fourth-order valence-corrected chi connectivity index (χ4v) is 1.44. The number of hydrogen-bond acceptors (Lipinski definition) is 1. The summed E-state index contributed by atoms with van der Waals surface area (Å²) in [4.78, 5) is 4.31. The second-order valence-corrected chi connectivity index (χ2v) is 4.71. The van der Waals surface area contributed by atoms with Gasteiger partial charge in [0.2, 0.25) is 0 Å². The average Bonchev–Trinajstić information content (AvgIpc) is 2.30. The minimum atomic E-state index is 0.574. The van der Waals surface area contributed by atoms with Crippen LogP contribution in [0.25, 0.3) is 0 Å². The largest absolute Gasteiger partial charge is 0.244 e. The minimum Gasteiger partial charge on any atom is -0.244 e. The van der Waals surface area contributed by atoms with Crippen molar-refractivity contribution in [2.24, 2.45) is 4.99 Å². The molecule has 0 aliphatic heterocycles. The molecule has 0 aromatic carbocycles. The van der Waals surface area contributed by atoms with Crippen molar-refractivity contribution in [3.8, 4) is 0 Å². The zero-order valence-corrected chi connectivity index (χ0v) is 12.4. The normalized spacial score (nSPS) is 13.3. The number of nitrogens with zero attached hydrogens (tertiary/aromatic N) is 1. The van der Waals surface area contributed by atoms with Crippen molar-refractivity contribution >= 4 is 16.8 Å². The Morgan fingerprint density at radius 3 is 2.29 bits per heavy atom. The molecule has 0 heterocycles. The van der Waals surface area contributed by atoms with Crippen molar-refractivity contribution in [3.63, 3.8) is 0 Å². The van der Waals surface area contributed by atoms with Gasteiger partial charge in [0.25, 0.3) is 0 Å². The highest BCUT2D eigenvalue weighted by molar-refractivity contribution is 6.70. The molecule has 0 saturated heterocycles. The summed E-state index contributed by atoms with van der Waals surface area (Å²) < 4.78 is 0. The molecule has 0 unspecified atom stereocenters. The van der Waals surface area contributed by atoms with Gasteiger partial charge < -0.3 is 0 Å². The van der Waals surface area contributed by atoms with Crippen LogP contribution < -0.4 is 0 Å². The van der Waals surface area contributed by atoms with Gasteiger partial charge in [-0.25, -0.2) is 4.99 Å². The van der Waals surface area contributed by atoms with Crippen LogP contribution in [0.5, 0.6) is 0 Å². The van der Waals surface area contributed by atoms with E-state index in [1.807, 2.05) is 6.20 Å². The van der Waals surface area contributed by atoms with E-state index in [9.17, 15) is 0 Å². The van der Waals surface area contributed by atoms with Crippen LogP contribution in [-0.4, -0.2) is 5.17 Å². The van der Waals surface area contributed by atoms with Crippen molar-refractivity contribution in [3.05, 3.63) is 35.1 Å². The Hall–Kier alpha value is -0.820. The summed E-state index contributed by atoms with van der Waals surface area (Å²) in [6, 6.07) is 0. The number of hydrogen-bond donors (Lipinski definition) is 0. The second-order valence-electron chi connectivity index (χ2n) is 4.35. The molecule has 0 atom stereocenters. The quantitative estimate of drug-likeness (QED) is 0.430. The van der Waals surface area contributed by atoms with E-state index in [1.165, 1.54) is 11.1 Å². The Morgan fingerprint density at radius 1 is 1.18 bits per heavy atom. The SMILES string of the molecule is CCC/C=C\C(C(Cl)=N/C=C(/C)CC)=C(C)C. The highest BCUT2D eigenvalue weighted by atomic mass is 35.5. The van der Waals surface area contributed by atoms with Crippen molar-refractivity contribution in [1.29, 1.82) is 0 Å². The molecule has 0 fully saturated rings. The van der Waals surface area contributed by atoms with Crippen molar-refractivity contribution in [1.82, 2.24) is 0 Å². The van der Waals surface area contributed by atoms with Gasteiger partial charge in [-0.05, 0) is 33.6 Å². The monoisotopic (exact) mass is 253 g/mol. The summed E-state index contributed by atoms with van der Waals surface area (Å²) in [5, 5.41) is 0.574. The van der Waals surface area contributed by atoms with E-state index in [4.69, 9.17) is 11.6 Å². The topological polar surface area (TPSA) is 12.4 Å². The first-order valence-corrected chi connectivity index (χ1v) is 6.64. The molecule has 0 aliphatic carbocycles. The van der Waals surface area contributed by atoms with E-state index in [0.717, 1.165) is 24.8 Å². The summed E-state index contributed by atoms with van der Waals surface area (Å²) in [6.45, 7) is 10.4. The lowest BCUT2D eigenvalue weighted by atomic mass is 10.1. The van der Waals surface area contributed by atoms with Gasteiger partial charge in [-0.2, -0.15) is 0 Å². The lowest BCUT2D eigenvalue weighted by Gasteiger charge is -2.02. The Labute approximate surface area is 111 Å². The highest BCUT2D eigenvalue weighted by Crippen LogP contribution is 2.13. The molecule has 0 aliphatic rings. The maximum absolute atomic E-state index is 6.22. The van der Waals surface area contributed by atoms with Gasteiger partial charge in [0.15, 0.2) is 0 Å². The van der Waals surface area contributed by atoms with Gasteiger partial charge in [0.05, 0.1) is 0 Å². The number of rotatable bonds is 6. The summed E-state index contributed by atoms with van der Waals surface area (Å²) in [5.74, 6) is 0. The molecule has 0 amide bonds. The molecule has 1 nitrogen and oxygen atoms in total. The van der Waals surface area contributed by atoms with E-state index in [-0.39, 0.29) is 0 Å². The van der Waals surface area contributed by atoms with Crippen LogP contribution in [0.2, 0.25) is 0 Å². The minimum absolute atomic E-state index is 0.574. The van der Waals surface area contributed by atoms with Crippen LogP contribution in [-0.2, 0) is 0 Å². The van der Waals surface area contributed by atoms with Gasteiger partial charge in [0, 0.05) is 11.8 Å². The molecule has 0 spiro atoms. The van der Waals surface area contributed by atoms with E-state index >= 15 is 0 Å².